The maximum absolute atomic E-state index is 10.5. The Bertz CT molecular complexity index is 663. The largest absolute Gasteiger partial charge is 0.393 e. The van der Waals surface area contributed by atoms with Crippen molar-refractivity contribution in [1.29, 1.82) is 0 Å². The summed E-state index contributed by atoms with van der Waals surface area (Å²) in [7, 11) is 0. The van der Waals surface area contributed by atoms with Crippen molar-refractivity contribution >= 4 is 0 Å². The lowest BCUT2D eigenvalue weighted by Gasteiger charge is -2.59. The summed E-state index contributed by atoms with van der Waals surface area (Å²) in [4.78, 5) is 0. The van der Waals surface area contributed by atoms with Gasteiger partial charge in [-0.05, 0) is 110 Å². The predicted molar refractivity (Wildman–Crippen MR) is 133 cm³/mol. The standard InChI is InChI=1S/C30H52O/c1-8-22(19(2)3)10-9-20(4)24-13-14-26-23-11-12-25-21(5)28(31)16-18-30(25,7)27(23)15-17-29(24,26)6/h11,19-22,24-28,31H,8-10,12-18H2,1-7H3/t20-,21-,22-,24-,25+,26+,27+,28-,29-,30+/m1/s1. The van der Waals surface area contributed by atoms with Crippen LogP contribution in [0.3, 0.4) is 0 Å². The van der Waals surface area contributed by atoms with Gasteiger partial charge in [-0.15, -0.1) is 0 Å². The molecule has 3 fully saturated rings. The van der Waals surface area contributed by atoms with Gasteiger partial charge in [0.15, 0.2) is 0 Å². The van der Waals surface area contributed by atoms with Crippen LogP contribution in [-0.2, 0) is 0 Å². The van der Waals surface area contributed by atoms with Gasteiger partial charge in [-0.3, -0.25) is 0 Å². The number of hydrogen-bond acceptors (Lipinski definition) is 1. The molecule has 4 aliphatic carbocycles. The van der Waals surface area contributed by atoms with Gasteiger partial charge in [-0.1, -0.05) is 73.0 Å². The second kappa shape index (κ2) is 8.81. The highest BCUT2D eigenvalue weighted by Crippen LogP contribution is 2.67. The van der Waals surface area contributed by atoms with E-state index in [1.165, 1.54) is 57.8 Å². The molecule has 10 atom stereocenters. The summed E-state index contributed by atoms with van der Waals surface area (Å²) in [6, 6.07) is 0. The van der Waals surface area contributed by atoms with Crippen LogP contribution < -0.4 is 0 Å². The zero-order valence-corrected chi connectivity index (χ0v) is 21.8. The summed E-state index contributed by atoms with van der Waals surface area (Å²) >= 11 is 0. The van der Waals surface area contributed by atoms with Gasteiger partial charge in [0, 0.05) is 0 Å². The van der Waals surface area contributed by atoms with Gasteiger partial charge >= 0.3 is 0 Å². The van der Waals surface area contributed by atoms with E-state index in [2.05, 4.69) is 54.5 Å². The van der Waals surface area contributed by atoms with E-state index in [-0.39, 0.29) is 6.10 Å². The van der Waals surface area contributed by atoms with Crippen molar-refractivity contribution < 1.29 is 5.11 Å². The molecule has 0 unspecified atom stereocenters. The van der Waals surface area contributed by atoms with E-state index in [1.54, 1.807) is 0 Å². The van der Waals surface area contributed by atoms with Gasteiger partial charge < -0.3 is 5.11 Å². The van der Waals surface area contributed by atoms with E-state index in [1.807, 2.05) is 5.57 Å². The first-order chi connectivity index (χ1) is 14.6. The third-order valence-corrected chi connectivity index (χ3v) is 11.8. The number of aliphatic hydroxyl groups is 1. The van der Waals surface area contributed by atoms with Crippen molar-refractivity contribution in [3.63, 3.8) is 0 Å². The van der Waals surface area contributed by atoms with Gasteiger partial charge in [0.25, 0.3) is 0 Å². The molecule has 1 nitrogen and oxygen atoms in total. The molecule has 4 aliphatic rings. The first kappa shape index (κ1) is 23.8. The molecule has 4 rings (SSSR count). The fraction of sp³-hybridized carbons (Fsp3) is 0.933. The molecule has 0 aromatic heterocycles. The van der Waals surface area contributed by atoms with Crippen LogP contribution in [0.1, 0.15) is 113 Å². The molecule has 3 saturated carbocycles. The molecule has 0 aromatic rings. The van der Waals surface area contributed by atoms with Crippen LogP contribution in [0.5, 0.6) is 0 Å². The Labute approximate surface area is 193 Å². The highest BCUT2D eigenvalue weighted by Gasteiger charge is 2.59. The van der Waals surface area contributed by atoms with Gasteiger partial charge in [0.2, 0.25) is 0 Å². The topological polar surface area (TPSA) is 20.2 Å². The molecule has 0 aromatic carbocycles. The monoisotopic (exact) mass is 428 g/mol. The van der Waals surface area contributed by atoms with Crippen molar-refractivity contribution in [2.75, 3.05) is 0 Å². The predicted octanol–water partition coefficient (Wildman–Crippen LogP) is 8.27. The molecule has 1 N–H and O–H groups in total. The van der Waals surface area contributed by atoms with Gasteiger partial charge in [-0.25, -0.2) is 0 Å². The number of aliphatic hydroxyl groups excluding tert-OH is 1. The molecule has 0 aliphatic heterocycles. The number of allylic oxidation sites excluding steroid dienone is 2. The number of rotatable bonds is 6. The summed E-state index contributed by atoms with van der Waals surface area (Å²) < 4.78 is 0. The van der Waals surface area contributed by atoms with Crippen molar-refractivity contribution in [3.05, 3.63) is 11.6 Å². The highest BCUT2D eigenvalue weighted by atomic mass is 16.3. The average Bonchev–Trinajstić information content (AvgIpc) is 3.08. The lowest BCUT2D eigenvalue weighted by atomic mass is 9.46. The van der Waals surface area contributed by atoms with Gasteiger partial charge in [-0.2, -0.15) is 0 Å². The Hall–Kier alpha value is -0.300. The molecule has 0 spiro atoms. The molecule has 178 valence electrons. The Balaban J connectivity index is 1.50. The summed E-state index contributed by atoms with van der Waals surface area (Å²) in [5.41, 5.74) is 2.84. The van der Waals surface area contributed by atoms with Crippen LogP contribution in [0.15, 0.2) is 11.6 Å². The molecule has 1 heteroatoms. The second-order valence-corrected chi connectivity index (χ2v) is 13.3. The Kier molecular flexibility index (Phi) is 6.78. The quantitative estimate of drug-likeness (QED) is 0.422. The Morgan fingerprint density at radius 3 is 2.32 bits per heavy atom. The van der Waals surface area contributed by atoms with Crippen LogP contribution in [0.4, 0.5) is 0 Å². The zero-order valence-electron chi connectivity index (χ0n) is 21.8. The van der Waals surface area contributed by atoms with E-state index >= 15 is 0 Å². The van der Waals surface area contributed by atoms with Crippen LogP contribution in [0.2, 0.25) is 0 Å². The van der Waals surface area contributed by atoms with Gasteiger partial charge in [0.05, 0.1) is 6.10 Å². The summed E-state index contributed by atoms with van der Waals surface area (Å²) in [5, 5.41) is 10.5. The Morgan fingerprint density at radius 2 is 1.65 bits per heavy atom. The highest BCUT2D eigenvalue weighted by molar-refractivity contribution is 5.28. The summed E-state index contributed by atoms with van der Waals surface area (Å²) in [6.45, 7) is 17.4. The number of fused-ring (bicyclic) bond motifs is 5. The first-order valence-corrected chi connectivity index (χ1v) is 14.0. The maximum Gasteiger partial charge on any atom is 0.0568 e. The van der Waals surface area contributed by atoms with E-state index < -0.39 is 0 Å². The lowest BCUT2D eigenvalue weighted by molar-refractivity contribution is -0.0774. The molecule has 31 heavy (non-hydrogen) atoms. The van der Waals surface area contributed by atoms with E-state index in [4.69, 9.17) is 0 Å². The van der Waals surface area contributed by atoms with Crippen molar-refractivity contribution in [1.82, 2.24) is 0 Å². The molecular weight excluding hydrogens is 376 g/mol. The lowest BCUT2D eigenvalue weighted by Crippen LogP contribution is -2.52. The molecular formula is C30H52O. The van der Waals surface area contributed by atoms with Crippen LogP contribution >= 0.6 is 0 Å². The van der Waals surface area contributed by atoms with Gasteiger partial charge in [0.1, 0.15) is 0 Å². The molecule has 0 radical (unpaired) electrons. The van der Waals surface area contributed by atoms with Crippen molar-refractivity contribution in [2.45, 2.75) is 119 Å². The van der Waals surface area contributed by atoms with E-state index in [0.717, 1.165) is 41.9 Å². The Morgan fingerprint density at radius 1 is 0.968 bits per heavy atom. The fourth-order valence-electron chi connectivity index (χ4n) is 9.61. The van der Waals surface area contributed by atoms with Crippen LogP contribution in [-0.4, -0.2) is 11.2 Å². The molecule has 0 saturated heterocycles. The summed E-state index contributed by atoms with van der Waals surface area (Å²) in [6.07, 6.45) is 16.1. The van der Waals surface area contributed by atoms with Crippen LogP contribution in [0, 0.1) is 58.2 Å². The zero-order chi connectivity index (χ0) is 22.6. The van der Waals surface area contributed by atoms with E-state index in [0.29, 0.717) is 22.7 Å². The third kappa shape index (κ3) is 3.87. The molecule has 0 amide bonds. The molecule has 0 heterocycles. The molecule has 0 bridgehead atoms. The second-order valence-electron chi connectivity index (χ2n) is 13.3. The van der Waals surface area contributed by atoms with Crippen LogP contribution in [0.25, 0.3) is 0 Å². The number of hydrogen-bond donors (Lipinski definition) is 1. The SMILES string of the molecule is CC[C@H](CC[C@@H](C)[C@H]1CC[C@H]2C3=CC[C@H]4[C@@H](C)[C@H](O)CC[C@]4(C)[C@H]3CC[C@]12C)C(C)C. The maximum atomic E-state index is 10.5. The van der Waals surface area contributed by atoms with Crippen molar-refractivity contribution in [2.24, 2.45) is 58.2 Å². The third-order valence-electron chi connectivity index (χ3n) is 11.8. The first-order valence-electron chi connectivity index (χ1n) is 14.0. The smallest absolute Gasteiger partial charge is 0.0568 e. The fourth-order valence-corrected chi connectivity index (χ4v) is 9.61. The minimum atomic E-state index is -0.0728. The van der Waals surface area contributed by atoms with E-state index in [9.17, 15) is 5.11 Å². The van der Waals surface area contributed by atoms with Crippen molar-refractivity contribution in [3.8, 4) is 0 Å². The normalized spacial score (nSPS) is 46.7. The summed E-state index contributed by atoms with van der Waals surface area (Å²) in [5.74, 6) is 6.31. The average molecular weight is 429 g/mol. The minimum absolute atomic E-state index is 0.0728. The minimum Gasteiger partial charge on any atom is -0.393 e.